The van der Waals surface area contributed by atoms with Gasteiger partial charge in [-0.05, 0) is 18.8 Å². The van der Waals surface area contributed by atoms with Crippen molar-refractivity contribution in [3.63, 3.8) is 0 Å². The maximum absolute atomic E-state index is 11.3. The highest BCUT2D eigenvalue weighted by molar-refractivity contribution is 5.77. The average Bonchev–Trinajstić information content (AvgIpc) is 2.18. The van der Waals surface area contributed by atoms with E-state index in [4.69, 9.17) is 9.84 Å². The largest absolute Gasteiger partial charge is 0.396 e. The minimum Gasteiger partial charge on any atom is -0.396 e. The topological polar surface area (TPSA) is 49.8 Å². The van der Waals surface area contributed by atoms with E-state index in [1.807, 2.05) is 0 Å². The first-order chi connectivity index (χ1) is 6.27. The molecule has 0 aromatic carbocycles. The zero-order valence-electron chi connectivity index (χ0n) is 8.03. The SMILES string of the molecule is COCC(=O)N1CCC(CO)CC1. The maximum Gasteiger partial charge on any atom is 0.248 e. The number of carbonyl (C=O) groups excluding carboxylic acids is 1. The van der Waals surface area contributed by atoms with Gasteiger partial charge in [0.05, 0.1) is 0 Å². The third-order valence-electron chi connectivity index (χ3n) is 2.49. The van der Waals surface area contributed by atoms with E-state index >= 15 is 0 Å². The molecule has 0 aromatic heterocycles. The van der Waals surface area contributed by atoms with E-state index in [0.29, 0.717) is 5.92 Å². The molecule has 1 fully saturated rings. The molecule has 4 nitrogen and oxygen atoms in total. The van der Waals surface area contributed by atoms with Gasteiger partial charge in [-0.1, -0.05) is 0 Å². The van der Waals surface area contributed by atoms with Crippen LogP contribution in [0.4, 0.5) is 0 Å². The second-order valence-electron chi connectivity index (χ2n) is 3.44. The van der Waals surface area contributed by atoms with E-state index in [9.17, 15) is 4.79 Å². The first-order valence-electron chi connectivity index (χ1n) is 4.65. The first-order valence-corrected chi connectivity index (χ1v) is 4.65. The summed E-state index contributed by atoms with van der Waals surface area (Å²) in [5, 5.41) is 8.89. The minimum atomic E-state index is 0.0545. The summed E-state index contributed by atoms with van der Waals surface area (Å²) in [6.07, 6.45) is 1.82. The number of carbonyl (C=O) groups is 1. The summed E-state index contributed by atoms with van der Waals surface area (Å²) in [5.41, 5.74) is 0. The Bertz CT molecular complexity index is 164. The third-order valence-corrected chi connectivity index (χ3v) is 2.49. The molecule has 1 rings (SSSR count). The van der Waals surface area contributed by atoms with Crippen molar-refractivity contribution in [2.24, 2.45) is 5.92 Å². The predicted molar refractivity (Wildman–Crippen MR) is 48.3 cm³/mol. The van der Waals surface area contributed by atoms with Crippen molar-refractivity contribution in [3.05, 3.63) is 0 Å². The van der Waals surface area contributed by atoms with E-state index in [1.165, 1.54) is 7.11 Å². The molecule has 1 aliphatic rings. The molecule has 0 radical (unpaired) electrons. The molecule has 0 aliphatic carbocycles. The number of aliphatic hydroxyl groups excluding tert-OH is 1. The lowest BCUT2D eigenvalue weighted by atomic mass is 9.98. The van der Waals surface area contributed by atoms with Crippen LogP contribution in [0.1, 0.15) is 12.8 Å². The molecule has 1 aliphatic heterocycles. The monoisotopic (exact) mass is 187 g/mol. The highest BCUT2D eigenvalue weighted by Gasteiger charge is 2.21. The Morgan fingerprint density at radius 2 is 2.15 bits per heavy atom. The van der Waals surface area contributed by atoms with Crippen LogP contribution in [0.3, 0.4) is 0 Å². The highest BCUT2D eigenvalue weighted by Crippen LogP contribution is 2.16. The van der Waals surface area contributed by atoms with Crippen molar-refractivity contribution in [2.75, 3.05) is 33.4 Å². The second kappa shape index (κ2) is 5.19. The maximum atomic E-state index is 11.3. The Labute approximate surface area is 78.5 Å². The summed E-state index contributed by atoms with van der Waals surface area (Å²) in [6.45, 7) is 1.93. The molecule has 1 amide bonds. The van der Waals surface area contributed by atoms with Crippen LogP contribution >= 0.6 is 0 Å². The number of hydrogen-bond acceptors (Lipinski definition) is 3. The summed E-state index contributed by atoms with van der Waals surface area (Å²) in [5.74, 6) is 0.436. The van der Waals surface area contributed by atoms with Crippen molar-refractivity contribution in [1.29, 1.82) is 0 Å². The fraction of sp³-hybridized carbons (Fsp3) is 0.889. The lowest BCUT2D eigenvalue weighted by molar-refractivity contribution is -0.136. The minimum absolute atomic E-state index is 0.0545. The van der Waals surface area contributed by atoms with E-state index in [0.717, 1.165) is 25.9 Å². The number of aliphatic hydroxyl groups is 1. The molecule has 76 valence electrons. The van der Waals surface area contributed by atoms with Gasteiger partial charge in [0, 0.05) is 26.8 Å². The van der Waals surface area contributed by atoms with Crippen LogP contribution in [-0.4, -0.2) is 49.3 Å². The summed E-state index contributed by atoms with van der Waals surface area (Å²) in [4.78, 5) is 13.1. The van der Waals surface area contributed by atoms with Crippen LogP contribution in [0.15, 0.2) is 0 Å². The van der Waals surface area contributed by atoms with Crippen molar-refractivity contribution < 1.29 is 14.6 Å². The molecular weight excluding hydrogens is 170 g/mol. The van der Waals surface area contributed by atoms with Crippen LogP contribution in [0.2, 0.25) is 0 Å². The Morgan fingerprint density at radius 1 is 1.54 bits per heavy atom. The molecule has 0 atom stereocenters. The standard InChI is InChI=1S/C9H17NO3/c1-13-7-9(12)10-4-2-8(6-11)3-5-10/h8,11H,2-7H2,1H3. The fourth-order valence-corrected chi connectivity index (χ4v) is 1.58. The van der Waals surface area contributed by atoms with Gasteiger partial charge < -0.3 is 14.7 Å². The van der Waals surface area contributed by atoms with Gasteiger partial charge in [-0.15, -0.1) is 0 Å². The lowest BCUT2D eigenvalue weighted by Gasteiger charge is -2.30. The number of likely N-dealkylation sites (tertiary alicyclic amines) is 1. The van der Waals surface area contributed by atoms with Crippen LogP contribution in [0.5, 0.6) is 0 Å². The fourth-order valence-electron chi connectivity index (χ4n) is 1.58. The summed E-state index contributed by atoms with van der Waals surface area (Å²) in [7, 11) is 1.53. The zero-order chi connectivity index (χ0) is 9.68. The third kappa shape index (κ3) is 2.97. The molecule has 1 N–H and O–H groups in total. The molecule has 0 bridgehead atoms. The van der Waals surface area contributed by atoms with Gasteiger partial charge in [-0.2, -0.15) is 0 Å². The second-order valence-corrected chi connectivity index (χ2v) is 3.44. The van der Waals surface area contributed by atoms with Crippen molar-refractivity contribution in [1.82, 2.24) is 4.90 Å². The first kappa shape index (κ1) is 10.5. The molecule has 0 spiro atoms. The number of hydrogen-bond donors (Lipinski definition) is 1. The van der Waals surface area contributed by atoms with Gasteiger partial charge in [0.15, 0.2) is 0 Å². The number of piperidine rings is 1. The van der Waals surface area contributed by atoms with Gasteiger partial charge in [0.25, 0.3) is 0 Å². The molecule has 13 heavy (non-hydrogen) atoms. The number of nitrogens with zero attached hydrogens (tertiary/aromatic N) is 1. The summed E-state index contributed by atoms with van der Waals surface area (Å²) in [6, 6.07) is 0. The summed E-state index contributed by atoms with van der Waals surface area (Å²) < 4.78 is 4.77. The molecule has 4 heteroatoms. The molecule has 1 heterocycles. The van der Waals surface area contributed by atoms with Gasteiger partial charge >= 0.3 is 0 Å². The van der Waals surface area contributed by atoms with Gasteiger partial charge in [0.1, 0.15) is 6.61 Å². The highest BCUT2D eigenvalue weighted by atomic mass is 16.5. The van der Waals surface area contributed by atoms with Gasteiger partial charge in [-0.3, -0.25) is 4.79 Å². The van der Waals surface area contributed by atoms with Crippen molar-refractivity contribution >= 4 is 5.91 Å². The van der Waals surface area contributed by atoms with E-state index < -0.39 is 0 Å². The van der Waals surface area contributed by atoms with Crippen LogP contribution in [0.25, 0.3) is 0 Å². The Kier molecular flexibility index (Phi) is 4.18. The number of amides is 1. The Balaban J connectivity index is 2.28. The van der Waals surface area contributed by atoms with Crippen molar-refractivity contribution in [2.45, 2.75) is 12.8 Å². The van der Waals surface area contributed by atoms with E-state index in [1.54, 1.807) is 4.90 Å². The lowest BCUT2D eigenvalue weighted by Crippen LogP contribution is -2.40. The Morgan fingerprint density at radius 3 is 2.62 bits per heavy atom. The average molecular weight is 187 g/mol. The molecule has 0 unspecified atom stereocenters. The normalized spacial score (nSPS) is 19.1. The van der Waals surface area contributed by atoms with Gasteiger partial charge in [0.2, 0.25) is 5.91 Å². The van der Waals surface area contributed by atoms with Crippen LogP contribution in [0, 0.1) is 5.92 Å². The van der Waals surface area contributed by atoms with Crippen molar-refractivity contribution in [3.8, 4) is 0 Å². The molecule has 1 saturated heterocycles. The summed E-state index contributed by atoms with van der Waals surface area (Å²) >= 11 is 0. The molecule has 0 saturated carbocycles. The zero-order valence-corrected chi connectivity index (χ0v) is 8.03. The van der Waals surface area contributed by atoms with Crippen LogP contribution < -0.4 is 0 Å². The smallest absolute Gasteiger partial charge is 0.248 e. The van der Waals surface area contributed by atoms with Gasteiger partial charge in [-0.25, -0.2) is 0 Å². The molecular formula is C9H17NO3. The number of ether oxygens (including phenoxy) is 1. The van der Waals surface area contributed by atoms with Crippen LogP contribution in [-0.2, 0) is 9.53 Å². The molecule has 0 aromatic rings. The number of rotatable bonds is 3. The quantitative estimate of drug-likeness (QED) is 0.669. The predicted octanol–water partition coefficient (Wildman–Crippen LogP) is -0.136. The van der Waals surface area contributed by atoms with E-state index in [2.05, 4.69) is 0 Å². The van der Waals surface area contributed by atoms with E-state index in [-0.39, 0.29) is 19.1 Å². The number of methoxy groups -OCH3 is 1. The Hall–Kier alpha value is -0.610.